The molecule has 1 saturated heterocycles. The predicted octanol–water partition coefficient (Wildman–Crippen LogP) is 1.01. The number of methoxy groups -OCH3 is 1. The smallest absolute Gasteiger partial charge is 0.338 e. The van der Waals surface area contributed by atoms with Gasteiger partial charge in [-0.25, -0.2) is 9.59 Å². The molecule has 8 nitrogen and oxygen atoms in total. The van der Waals surface area contributed by atoms with E-state index in [2.05, 4.69) is 20.9 Å². The molecule has 1 fully saturated rings. The summed E-state index contributed by atoms with van der Waals surface area (Å²) in [6.07, 6.45) is 0. The zero-order chi connectivity index (χ0) is 20.8. The lowest BCUT2D eigenvalue weighted by Gasteiger charge is -2.30. The molecule has 3 N–H and O–H groups in total. The van der Waals surface area contributed by atoms with Crippen molar-refractivity contribution >= 4 is 12.0 Å². The molecule has 1 aromatic rings. The Morgan fingerprint density at radius 2 is 2.07 bits per heavy atom. The molecule has 8 heteroatoms. The summed E-state index contributed by atoms with van der Waals surface area (Å²) in [5, 5.41) is 8.99. The van der Waals surface area contributed by atoms with E-state index < -0.39 is 12.0 Å². The van der Waals surface area contributed by atoms with Crippen LogP contribution in [0.1, 0.15) is 22.7 Å². The molecule has 0 bridgehead atoms. The fourth-order valence-corrected chi connectivity index (χ4v) is 3.77. The Kier molecular flexibility index (Phi) is 7.24. The molecule has 0 aliphatic carbocycles. The van der Waals surface area contributed by atoms with Crippen molar-refractivity contribution in [3.63, 3.8) is 0 Å². The van der Waals surface area contributed by atoms with E-state index in [0.29, 0.717) is 17.8 Å². The van der Waals surface area contributed by atoms with E-state index in [4.69, 9.17) is 9.47 Å². The molecule has 0 aromatic heterocycles. The molecule has 0 unspecified atom stereocenters. The van der Waals surface area contributed by atoms with Crippen molar-refractivity contribution in [1.82, 2.24) is 20.9 Å². The number of carbonyl (C=O) groups is 2. The quantitative estimate of drug-likeness (QED) is 0.466. The SMILES string of the molecule is COC(=O)C1=C(CNCCN2CCOCC2)NC(=O)N[C@@H]1c1ccc(C)cc1C. The van der Waals surface area contributed by atoms with Gasteiger partial charge in [0.05, 0.1) is 31.9 Å². The maximum atomic E-state index is 12.6. The number of carbonyl (C=O) groups excluding carboxylic acids is 2. The third-order valence-corrected chi connectivity index (χ3v) is 5.31. The van der Waals surface area contributed by atoms with Gasteiger partial charge >= 0.3 is 12.0 Å². The Balaban J connectivity index is 1.77. The average Bonchev–Trinajstić information content (AvgIpc) is 2.71. The van der Waals surface area contributed by atoms with Crippen molar-refractivity contribution in [2.45, 2.75) is 19.9 Å². The molecule has 1 aromatic carbocycles. The number of rotatable bonds is 7. The first-order valence-electron chi connectivity index (χ1n) is 9.96. The molecular formula is C21H30N4O4. The second kappa shape index (κ2) is 9.87. The normalized spacial score (nSPS) is 20.2. The Hall–Kier alpha value is -2.42. The molecule has 158 valence electrons. The zero-order valence-electron chi connectivity index (χ0n) is 17.3. The molecule has 2 heterocycles. The van der Waals surface area contributed by atoms with E-state index in [9.17, 15) is 9.59 Å². The van der Waals surface area contributed by atoms with Crippen LogP contribution in [-0.2, 0) is 14.3 Å². The van der Waals surface area contributed by atoms with Gasteiger partial charge in [0.15, 0.2) is 0 Å². The topological polar surface area (TPSA) is 91.9 Å². The Morgan fingerprint density at radius 3 is 2.76 bits per heavy atom. The van der Waals surface area contributed by atoms with Gasteiger partial charge in [0, 0.05) is 38.4 Å². The lowest BCUT2D eigenvalue weighted by Crippen LogP contribution is -2.48. The number of benzene rings is 1. The van der Waals surface area contributed by atoms with Gasteiger partial charge in [-0.15, -0.1) is 0 Å². The van der Waals surface area contributed by atoms with E-state index in [1.54, 1.807) is 0 Å². The summed E-state index contributed by atoms with van der Waals surface area (Å²) in [6.45, 7) is 9.37. The summed E-state index contributed by atoms with van der Waals surface area (Å²) in [4.78, 5) is 27.2. The van der Waals surface area contributed by atoms with Crippen molar-refractivity contribution in [2.75, 3.05) is 53.0 Å². The number of urea groups is 1. The maximum Gasteiger partial charge on any atom is 0.338 e. The van der Waals surface area contributed by atoms with Crippen LogP contribution in [0.2, 0.25) is 0 Å². The summed E-state index contributed by atoms with van der Waals surface area (Å²) in [5.41, 5.74) is 4.00. The number of esters is 1. The van der Waals surface area contributed by atoms with Gasteiger partial charge < -0.3 is 25.4 Å². The molecule has 29 heavy (non-hydrogen) atoms. The summed E-state index contributed by atoms with van der Waals surface area (Å²) in [7, 11) is 1.36. The van der Waals surface area contributed by atoms with Crippen LogP contribution < -0.4 is 16.0 Å². The van der Waals surface area contributed by atoms with E-state index in [-0.39, 0.29) is 6.03 Å². The van der Waals surface area contributed by atoms with Crippen LogP contribution in [0, 0.1) is 13.8 Å². The third-order valence-electron chi connectivity index (χ3n) is 5.31. The Labute approximate surface area is 171 Å². The molecular weight excluding hydrogens is 372 g/mol. The van der Waals surface area contributed by atoms with Crippen LogP contribution in [0.5, 0.6) is 0 Å². The van der Waals surface area contributed by atoms with Crippen LogP contribution in [0.15, 0.2) is 29.5 Å². The fraction of sp³-hybridized carbons (Fsp3) is 0.524. The Morgan fingerprint density at radius 1 is 1.31 bits per heavy atom. The second-order valence-electron chi connectivity index (χ2n) is 7.41. The first-order chi connectivity index (χ1) is 14.0. The number of hydrogen-bond donors (Lipinski definition) is 3. The fourth-order valence-electron chi connectivity index (χ4n) is 3.77. The molecule has 3 rings (SSSR count). The number of ether oxygens (including phenoxy) is 2. The maximum absolute atomic E-state index is 12.6. The molecule has 2 aliphatic rings. The summed E-state index contributed by atoms with van der Waals surface area (Å²) >= 11 is 0. The molecule has 0 saturated carbocycles. The van der Waals surface area contributed by atoms with Crippen molar-refractivity contribution in [2.24, 2.45) is 0 Å². The number of morpholine rings is 1. The minimum absolute atomic E-state index is 0.326. The highest BCUT2D eigenvalue weighted by atomic mass is 16.5. The molecule has 0 radical (unpaired) electrons. The van der Waals surface area contributed by atoms with Crippen LogP contribution in [-0.4, -0.2) is 69.9 Å². The molecule has 2 amide bonds. The van der Waals surface area contributed by atoms with Gasteiger partial charge in [0.2, 0.25) is 0 Å². The van der Waals surface area contributed by atoms with Crippen LogP contribution in [0.4, 0.5) is 4.79 Å². The van der Waals surface area contributed by atoms with Gasteiger partial charge in [-0.3, -0.25) is 4.90 Å². The first kappa shape index (κ1) is 21.3. The molecule has 2 aliphatic heterocycles. The van der Waals surface area contributed by atoms with Gasteiger partial charge in [-0.2, -0.15) is 0 Å². The lowest BCUT2D eigenvalue weighted by atomic mass is 9.91. The predicted molar refractivity (Wildman–Crippen MR) is 109 cm³/mol. The van der Waals surface area contributed by atoms with Crippen LogP contribution >= 0.6 is 0 Å². The molecule has 1 atom stereocenters. The first-order valence-corrected chi connectivity index (χ1v) is 9.96. The highest BCUT2D eigenvalue weighted by Crippen LogP contribution is 2.30. The van der Waals surface area contributed by atoms with Crippen molar-refractivity contribution in [3.8, 4) is 0 Å². The van der Waals surface area contributed by atoms with E-state index >= 15 is 0 Å². The van der Waals surface area contributed by atoms with Gasteiger partial charge in [-0.05, 0) is 25.0 Å². The number of nitrogens with zero attached hydrogens (tertiary/aromatic N) is 1. The highest BCUT2D eigenvalue weighted by Gasteiger charge is 2.34. The van der Waals surface area contributed by atoms with E-state index in [1.165, 1.54) is 7.11 Å². The van der Waals surface area contributed by atoms with Gasteiger partial charge in [-0.1, -0.05) is 23.8 Å². The second-order valence-corrected chi connectivity index (χ2v) is 7.41. The number of nitrogens with one attached hydrogen (secondary N) is 3. The summed E-state index contributed by atoms with van der Waals surface area (Å²) in [5.74, 6) is -0.451. The lowest BCUT2D eigenvalue weighted by molar-refractivity contribution is -0.136. The van der Waals surface area contributed by atoms with E-state index in [1.807, 2.05) is 32.0 Å². The zero-order valence-corrected chi connectivity index (χ0v) is 17.3. The van der Waals surface area contributed by atoms with E-state index in [0.717, 1.165) is 56.1 Å². The largest absolute Gasteiger partial charge is 0.466 e. The van der Waals surface area contributed by atoms with Crippen molar-refractivity contribution in [3.05, 3.63) is 46.2 Å². The van der Waals surface area contributed by atoms with Crippen LogP contribution in [0.25, 0.3) is 0 Å². The minimum atomic E-state index is -0.548. The van der Waals surface area contributed by atoms with Gasteiger partial charge in [0.25, 0.3) is 0 Å². The standard InChI is InChI=1S/C21H30N4O4/c1-14-4-5-16(15(2)12-14)19-18(20(26)28-3)17(23-21(27)24-19)13-22-6-7-25-8-10-29-11-9-25/h4-5,12,19,22H,6-11,13H2,1-3H3,(H2,23,24,27)/t19-/m1/s1. The Bertz CT molecular complexity index is 787. The number of hydrogen-bond acceptors (Lipinski definition) is 6. The molecule has 0 spiro atoms. The van der Waals surface area contributed by atoms with Gasteiger partial charge in [0.1, 0.15) is 0 Å². The number of amides is 2. The third kappa shape index (κ3) is 5.35. The monoisotopic (exact) mass is 402 g/mol. The number of aryl methyl sites for hydroxylation is 2. The summed E-state index contributed by atoms with van der Waals surface area (Å²) in [6, 6.07) is 5.10. The minimum Gasteiger partial charge on any atom is -0.466 e. The summed E-state index contributed by atoms with van der Waals surface area (Å²) < 4.78 is 10.4. The highest BCUT2D eigenvalue weighted by molar-refractivity contribution is 5.95. The van der Waals surface area contributed by atoms with Crippen LogP contribution in [0.3, 0.4) is 0 Å². The van der Waals surface area contributed by atoms with Crippen molar-refractivity contribution in [1.29, 1.82) is 0 Å². The average molecular weight is 402 g/mol. The van der Waals surface area contributed by atoms with Crippen molar-refractivity contribution < 1.29 is 19.1 Å².